The molecule has 0 saturated heterocycles. The van der Waals surface area contributed by atoms with Gasteiger partial charge in [0, 0.05) is 5.69 Å². The lowest BCUT2D eigenvalue weighted by Crippen LogP contribution is -2.21. The lowest BCUT2D eigenvalue weighted by Gasteiger charge is -2.11. The van der Waals surface area contributed by atoms with E-state index in [0.717, 1.165) is 11.4 Å². The number of carbonyl (C=O) groups is 1. The zero-order valence-electron chi connectivity index (χ0n) is 9.93. The molecule has 1 atom stereocenters. The number of hydrogen-bond acceptors (Lipinski definition) is 4. The van der Waals surface area contributed by atoms with E-state index in [-0.39, 0.29) is 12.4 Å². The number of nitrogens with zero attached hydrogens (tertiary/aromatic N) is 2. The number of carbonyl (C=O) groups excluding carboxylic acids is 1. The zero-order valence-corrected chi connectivity index (χ0v) is 9.93. The SMILES string of the molecule is CCOC(=O)CC(O)Cn1cnc(C)c1C. The van der Waals surface area contributed by atoms with Gasteiger partial charge >= 0.3 is 5.97 Å². The quantitative estimate of drug-likeness (QED) is 0.755. The molecule has 0 saturated carbocycles. The Labute approximate surface area is 95.1 Å². The Hall–Kier alpha value is -1.36. The van der Waals surface area contributed by atoms with Crippen molar-refractivity contribution < 1.29 is 14.6 Å². The van der Waals surface area contributed by atoms with E-state index in [2.05, 4.69) is 4.98 Å². The summed E-state index contributed by atoms with van der Waals surface area (Å²) in [5.41, 5.74) is 1.94. The van der Waals surface area contributed by atoms with Gasteiger partial charge in [0.15, 0.2) is 0 Å². The molecule has 0 amide bonds. The van der Waals surface area contributed by atoms with E-state index in [0.29, 0.717) is 13.2 Å². The molecule has 0 spiro atoms. The standard InChI is InChI=1S/C11H18N2O3/c1-4-16-11(15)5-10(14)6-13-7-12-8(2)9(13)3/h7,10,14H,4-6H2,1-3H3. The second kappa shape index (κ2) is 5.65. The van der Waals surface area contributed by atoms with Gasteiger partial charge in [-0.2, -0.15) is 0 Å². The fourth-order valence-corrected chi connectivity index (χ4v) is 1.43. The lowest BCUT2D eigenvalue weighted by molar-refractivity contribution is -0.145. The molecule has 0 bridgehead atoms. The minimum atomic E-state index is -0.730. The van der Waals surface area contributed by atoms with E-state index in [1.54, 1.807) is 13.3 Å². The van der Waals surface area contributed by atoms with Crippen molar-refractivity contribution in [2.24, 2.45) is 0 Å². The third-order valence-corrected chi connectivity index (χ3v) is 2.46. The third-order valence-electron chi connectivity index (χ3n) is 2.46. The molecule has 1 rings (SSSR count). The second-order valence-electron chi connectivity index (χ2n) is 3.73. The Kier molecular flexibility index (Phi) is 4.49. The Morgan fingerprint density at radius 1 is 1.62 bits per heavy atom. The molecular formula is C11H18N2O3. The Morgan fingerprint density at radius 2 is 2.31 bits per heavy atom. The van der Waals surface area contributed by atoms with Crippen LogP contribution in [0.1, 0.15) is 24.7 Å². The van der Waals surface area contributed by atoms with Gasteiger partial charge in [0.2, 0.25) is 0 Å². The van der Waals surface area contributed by atoms with Crippen LogP contribution >= 0.6 is 0 Å². The number of ether oxygens (including phenoxy) is 1. The first-order valence-electron chi connectivity index (χ1n) is 5.36. The number of aliphatic hydroxyl groups is 1. The third kappa shape index (κ3) is 3.34. The van der Waals surface area contributed by atoms with Crippen LogP contribution in [0, 0.1) is 13.8 Å². The summed E-state index contributed by atoms with van der Waals surface area (Å²) < 4.78 is 6.59. The normalized spacial score (nSPS) is 12.5. The van der Waals surface area contributed by atoms with E-state index in [9.17, 15) is 9.90 Å². The van der Waals surface area contributed by atoms with Crippen molar-refractivity contribution in [2.45, 2.75) is 39.8 Å². The number of aliphatic hydroxyl groups excluding tert-OH is 1. The van der Waals surface area contributed by atoms with Crippen molar-refractivity contribution in [1.82, 2.24) is 9.55 Å². The van der Waals surface area contributed by atoms with Gasteiger partial charge in [-0.1, -0.05) is 0 Å². The molecule has 1 unspecified atom stereocenters. The highest BCUT2D eigenvalue weighted by Crippen LogP contribution is 2.07. The van der Waals surface area contributed by atoms with Crippen LogP contribution < -0.4 is 0 Å². The lowest BCUT2D eigenvalue weighted by atomic mass is 10.2. The summed E-state index contributed by atoms with van der Waals surface area (Å²) in [6.45, 7) is 6.29. The largest absolute Gasteiger partial charge is 0.466 e. The van der Waals surface area contributed by atoms with Crippen LogP contribution in [0.2, 0.25) is 0 Å². The van der Waals surface area contributed by atoms with Gasteiger partial charge in [-0.15, -0.1) is 0 Å². The van der Waals surface area contributed by atoms with Crippen molar-refractivity contribution in [3.63, 3.8) is 0 Å². The molecule has 0 fully saturated rings. The molecule has 5 heteroatoms. The molecule has 0 aliphatic heterocycles. The smallest absolute Gasteiger partial charge is 0.308 e. The van der Waals surface area contributed by atoms with Crippen molar-refractivity contribution in [1.29, 1.82) is 0 Å². The first kappa shape index (κ1) is 12.7. The molecule has 1 heterocycles. The van der Waals surface area contributed by atoms with Crippen LogP contribution in [0.5, 0.6) is 0 Å². The molecule has 0 aliphatic rings. The van der Waals surface area contributed by atoms with Crippen molar-refractivity contribution in [2.75, 3.05) is 6.61 Å². The van der Waals surface area contributed by atoms with Crippen molar-refractivity contribution >= 4 is 5.97 Å². The van der Waals surface area contributed by atoms with E-state index >= 15 is 0 Å². The number of rotatable bonds is 5. The molecule has 0 radical (unpaired) electrons. The monoisotopic (exact) mass is 226 g/mol. The molecule has 1 aromatic heterocycles. The Bertz CT molecular complexity index is 360. The second-order valence-corrected chi connectivity index (χ2v) is 3.73. The number of aryl methyl sites for hydroxylation is 1. The zero-order chi connectivity index (χ0) is 12.1. The summed E-state index contributed by atoms with van der Waals surface area (Å²) >= 11 is 0. The van der Waals surface area contributed by atoms with Gasteiger partial charge < -0.3 is 14.4 Å². The van der Waals surface area contributed by atoms with Crippen LogP contribution in [0.15, 0.2) is 6.33 Å². The van der Waals surface area contributed by atoms with Crippen LogP contribution in [0.3, 0.4) is 0 Å². The predicted octanol–water partition coefficient (Wildman–Crippen LogP) is 0.814. The fourth-order valence-electron chi connectivity index (χ4n) is 1.43. The van der Waals surface area contributed by atoms with E-state index < -0.39 is 6.10 Å². The summed E-state index contributed by atoms with van der Waals surface area (Å²) in [4.78, 5) is 15.2. The van der Waals surface area contributed by atoms with Crippen molar-refractivity contribution in [3.8, 4) is 0 Å². The number of esters is 1. The number of hydrogen-bond donors (Lipinski definition) is 1. The van der Waals surface area contributed by atoms with Gasteiger partial charge in [-0.05, 0) is 20.8 Å². The van der Waals surface area contributed by atoms with Gasteiger partial charge in [0.05, 0.1) is 37.7 Å². The Balaban J connectivity index is 2.48. The van der Waals surface area contributed by atoms with Crippen LogP contribution in [0.4, 0.5) is 0 Å². The molecule has 1 aromatic rings. The summed E-state index contributed by atoms with van der Waals surface area (Å²) in [7, 11) is 0. The summed E-state index contributed by atoms with van der Waals surface area (Å²) in [6, 6.07) is 0. The molecule has 0 aliphatic carbocycles. The van der Waals surface area contributed by atoms with E-state index in [4.69, 9.17) is 4.74 Å². The van der Waals surface area contributed by atoms with Gasteiger partial charge in [-0.25, -0.2) is 4.98 Å². The Morgan fingerprint density at radius 3 is 2.81 bits per heavy atom. The van der Waals surface area contributed by atoms with Gasteiger partial charge in [-0.3, -0.25) is 4.79 Å². The molecule has 1 N–H and O–H groups in total. The number of aromatic nitrogens is 2. The summed E-state index contributed by atoms with van der Waals surface area (Å²) in [5, 5.41) is 9.68. The maximum absolute atomic E-state index is 11.1. The average Bonchev–Trinajstić information content (AvgIpc) is 2.50. The minimum Gasteiger partial charge on any atom is -0.466 e. The minimum absolute atomic E-state index is 0.0184. The molecule has 5 nitrogen and oxygen atoms in total. The molecule has 90 valence electrons. The van der Waals surface area contributed by atoms with Crippen molar-refractivity contribution in [3.05, 3.63) is 17.7 Å². The average molecular weight is 226 g/mol. The molecule has 16 heavy (non-hydrogen) atoms. The topological polar surface area (TPSA) is 64.3 Å². The number of imidazole rings is 1. The fraction of sp³-hybridized carbons (Fsp3) is 0.636. The highest BCUT2D eigenvalue weighted by Gasteiger charge is 2.13. The van der Waals surface area contributed by atoms with E-state index in [1.165, 1.54) is 0 Å². The predicted molar refractivity (Wildman–Crippen MR) is 59.0 cm³/mol. The first-order valence-corrected chi connectivity index (χ1v) is 5.36. The van der Waals surface area contributed by atoms with Crippen LogP contribution in [-0.4, -0.2) is 33.3 Å². The maximum atomic E-state index is 11.1. The summed E-state index contributed by atoms with van der Waals surface area (Å²) in [5.74, 6) is -0.371. The van der Waals surface area contributed by atoms with Gasteiger partial charge in [0.1, 0.15) is 0 Å². The van der Waals surface area contributed by atoms with Crippen LogP contribution in [-0.2, 0) is 16.1 Å². The highest BCUT2D eigenvalue weighted by atomic mass is 16.5. The molecule has 0 aromatic carbocycles. The highest BCUT2D eigenvalue weighted by molar-refractivity contribution is 5.69. The van der Waals surface area contributed by atoms with Gasteiger partial charge in [0.25, 0.3) is 0 Å². The summed E-state index contributed by atoms with van der Waals surface area (Å²) in [6.07, 6.45) is 0.954. The maximum Gasteiger partial charge on any atom is 0.308 e. The van der Waals surface area contributed by atoms with E-state index in [1.807, 2.05) is 18.4 Å². The van der Waals surface area contributed by atoms with Crippen LogP contribution in [0.25, 0.3) is 0 Å². The molecular weight excluding hydrogens is 208 g/mol. The first-order chi connectivity index (χ1) is 7.54.